The molecule has 2 amide bonds. The molecule has 0 aromatic heterocycles. The Balaban J connectivity index is 1.58. The molecule has 14 nitrogen and oxygen atoms in total. The number of halogens is 1. The lowest BCUT2D eigenvalue weighted by Gasteiger charge is -2.52. The summed E-state index contributed by atoms with van der Waals surface area (Å²) in [6.07, 6.45) is 0.431. The van der Waals surface area contributed by atoms with E-state index in [1.807, 2.05) is 0 Å². The van der Waals surface area contributed by atoms with Gasteiger partial charge in [-0.05, 0) is 19.2 Å². The molecule has 2 radical (unpaired) electrons. The van der Waals surface area contributed by atoms with E-state index in [4.69, 9.17) is 17.3 Å². The minimum Gasteiger partial charge on any atom is -0.488 e. The maximum Gasteiger partial charge on any atom is 0.302 e. The van der Waals surface area contributed by atoms with Crippen molar-refractivity contribution in [3.63, 3.8) is 0 Å². The van der Waals surface area contributed by atoms with E-state index in [2.05, 4.69) is 0 Å². The fourth-order valence-electron chi connectivity index (χ4n) is 4.75. The first-order valence-corrected chi connectivity index (χ1v) is 12.6. The highest BCUT2D eigenvalue weighted by Crippen LogP contribution is 2.37. The SMILES string of the molecule is [B]C1(N(C)Cc2c(C=O)cccc2OCc2ccc(C(O)(O)N3CCOCC3)cc2F)C(=O)NC(=O)C(O)(O)C1(O)O. The van der Waals surface area contributed by atoms with Crippen molar-refractivity contribution >= 4 is 25.9 Å². The van der Waals surface area contributed by atoms with Crippen molar-refractivity contribution < 1.29 is 58.9 Å². The molecule has 2 heterocycles. The molecule has 2 aliphatic rings. The van der Waals surface area contributed by atoms with Crippen molar-refractivity contribution in [3.05, 3.63) is 64.5 Å². The molecular weight excluding hydrogens is 560 g/mol. The van der Waals surface area contributed by atoms with Crippen LogP contribution in [0.5, 0.6) is 5.75 Å². The van der Waals surface area contributed by atoms with E-state index in [1.54, 1.807) is 5.32 Å². The number of carbonyl (C=O) groups excluding carboxylic acids is 3. The van der Waals surface area contributed by atoms with Crippen LogP contribution in [0.4, 0.5) is 4.39 Å². The molecule has 7 N–H and O–H groups in total. The number of benzene rings is 2. The van der Waals surface area contributed by atoms with E-state index in [0.29, 0.717) is 6.29 Å². The fourth-order valence-corrected chi connectivity index (χ4v) is 4.75. The number of aliphatic hydroxyl groups is 6. The van der Waals surface area contributed by atoms with Gasteiger partial charge in [-0.1, -0.05) is 24.3 Å². The smallest absolute Gasteiger partial charge is 0.302 e. The van der Waals surface area contributed by atoms with E-state index in [9.17, 15) is 45.0 Å². The Labute approximate surface area is 239 Å². The van der Waals surface area contributed by atoms with Gasteiger partial charge in [0.1, 0.15) is 31.5 Å². The quantitative estimate of drug-likeness (QED) is 0.0673. The van der Waals surface area contributed by atoms with Crippen molar-refractivity contribution in [1.29, 1.82) is 0 Å². The van der Waals surface area contributed by atoms with Crippen molar-refractivity contribution in [2.24, 2.45) is 0 Å². The number of hydrogen-bond acceptors (Lipinski definition) is 13. The molecule has 2 aliphatic heterocycles. The number of piperidine rings is 1. The molecule has 2 fully saturated rings. The fraction of sp³-hybridized carbons (Fsp3) is 0.423. The minimum atomic E-state index is -3.91. The molecule has 2 saturated heterocycles. The molecule has 1 unspecified atom stereocenters. The third-order valence-electron chi connectivity index (χ3n) is 7.48. The number of nitrogens with one attached hydrogen (secondary N) is 1. The molecule has 4 rings (SSSR count). The van der Waals surface area contributed by atoms with Gasteiger partial charge in [-0.15, -0.1) is 0 Å². The Bertz CT molecular complexity index is 1380. The predicted molar refractivity (Wildman–Crippen MR) is 139 cm³/mol. The molecular formula is C26H29BFN3O11. The highest BCUT2D eigenvalue weighted by Gasteiger charge is 2.71. The summed E-state index contributed by atoms with van der Waals surface area (Å²) in [5, 5.41) is 63.7. The zero-order valence-corrected chi connectivity index (χ0v) is 22.4. The molecule has 0 saturated carbocycles. The summed E-state index contributed by atoms with van der Waals surface area (Å²) >= 11 is 0. The van der Waals surface area contributed by atoms with Crippen LogP contribution in [0.3, 0.4) is 0 Å². The van der Waals surface area contributed by atoms with E-state index >= 15 is 4.39 Å². The number of hydrogen-bond donors (Lipinski definition) is 7. The molecule has 42 heavy (non-hydrogen) atoms. The number of likely N-dealkylation sites (N-methyl/N-ethyl adjacent to an activating group) is 1. The van der Waals surface area contributed by atoms with Gasteiger partial charge < -0.3 is 40.1 Å². The Kier molecular flexibility index (Phi) is 8.59. The second-order valence-corrected chi connectivity index (χ2v) is 10.0. The predicted octanol–water partition coefficient (Wildman–Crippen LogP) is -3.04. The summed E-state index contributed by atoms with van der Waals surface area (Å²) in [7, 11) is 7.04. The van der Waals surface area contributed by atoms with Crippen LogP contribution in [0.25, 0.3) is 0 Å². The molecule has 2 aromatic rings. The Morgan fingerprint density at radius 2 is 1.81 bits per heavy atom. The van der Waals surface area contributed by atoms with Crippen LogP contribution in [0.2, 0.25) is 0 Å². The molecule has 0 bridgehead atoms. The molecule has 0 spiro atoms. The largest absolute Gasteiger partial charge is 0.488 e. The monoisotopic (exact) mass is 589 g/mol. The lowest BCUT2D eigenvalue weighted by atomic mass is 9.63. The van der Waals surface area contributed by atoms with E-state index in [0.717, 1.165) is 18.0 Å². The van der Waals surface area contributed by atoms with Crippen molar-refractivity contribution in [3.8, 4) is 5.75 Å². The number of carbonyl (C=O) groups is 3. The van der Waals surface area contributed by atoms with Crippen LogP contribution in [0.1, 0.15) is 27.0 Å². The first-order chi connectivity index (χ1) is 19.6. The van der Waals surface area contributed by atoms with Gasteiger partial charge in [-0.2, -0.15) is 0 Å². The van der Waals surface area contributed by atoms with Crippen molar-refractivity contribution in [2.45, 2.75) is 36.1 Å². The number of aldehydes is 1. The molecule has 16 heteroatoms. The summed E-state index contributed by atoms with van der Waals surface area (Å²) < 4.78 is 26.0. The Morgan fingerprint density at radius 1 is 1.14 bits per heavy atom. The molecule has 1 atom stereocenters. The lowest BCUT2D eigenvalue weighted by Crippen LogP contribution is -2.85. The second-order valence-electron chi connectivity index (χ2n) is 10.0. The van der Waals surface area contributed by atoms with Crippen molar-refractivity contribution in [2.75, 3.05) is 33.4 Å². The number of rotatable bonds is 9. The van der Waals surface area contributed by atoms with Gasteiger partial charge in [0.2, 0.25) is 11.7 Å². The first kappa shape index (κ1) is 31.6. The normalized spacial score (nSPS) is 22.6. The van der Waals surface area contributed by atoms with Crippen LogP contribution in [-0.2, 0) is 33.4 Å². The zero-order chi connectivity index (χ0) is 31.1. The molecule has 0 aliphatic carbocycles. The van der Waals surface area contributed by atoms with Crippen LogP contribution in [0, 0.1) is 5.82 Å². The average molecular weight is 589 g/mol. The average Bonchev–Trinajstić information content (AvgIpc) is 2.95. The number of nitrogens with zero attached hydrogens (tertiary/aromatic N) is 2. The zero-order valence-electron chi connectivity index (χ0n) is 22.4. The maximum absolute atomic E-state index is 15.0. The number of morpholine rings is 1. The van der Waals surface area contributed by atoms with Crippen LogP contribution in [-0.4, -0.2) is 117 Å². The van der Waals surface area contributed by atoms with Gasteiger partial charge in [-0.25, -0.2) is 9.29 Å². The number of amides is 2. The van der Waals surface area contributed by atoms with Gasteiger partial charge in [0.25, 0.3) is 11.8 Å². The standard InChI is InChI=1S/C26H29BFN3O11/c1-30(23(27)21(33)29-22(34)24(35,36)26(23,39)40)12-18-15(13-32)3-2-4-20(18)42-14-16-5-6-17(11-19(16)28)25(37,38)31-7-9-41-10-8-31/h2-6,11,13,35-40H,7-10,12,14H2,1H3,(H,29,33,34). The highest BCUT2D eigenvalue weighted by molar-refractivity contribution is 6.32. The van der Waals surface area contributed by atoms with Crippen LogP contribution >= 0.6 is 0 Å². The Morgan fingerprint density at radius 3 is 2.43 bits per heavy atom. The highest BCUT2D eigenvalue weighted by atomic mass is 19.1. The molecule has 224 valence electrons. The van der Waals surface area contributed by atoms with Gasteiger partial charge in [0, 0.05) is 41.9 Å². The molecule has 2 aromatic carbocycles. The van der Waals surface area contributed by atoms with Crippen LogP contribution < -0.4 is 10.1 Å². The van der Waals surface area contributed by atoms with Crippen LogP contribution in [0.15, 0.2) is 36.4 Å². The van der Waals surface area contributed by atoms with Gasteiger partial charge in [-0.3, -0.25) is 24.6 Å². The second kappa shape index (κ2) is 11.4. The summed E-state index contributed by atoms with van der Waals surface area (Å²) in [6.45, 7) is 0.0477. The third-order valence-corrected chi connectivity index (χ3v) is 7.48. The topological polar surface area (TPSA) is 210 Å². The number of ether oxygens (including phenoxy) is 2. The third kappa shape index (κ3) is 5.21. The van der Waals surface area contributed by atoms with Gasteiger partial charge in [0.15, 0.2) is 6.29 Å². The van der Waals surface area contributed by atoms with E-state index in [1.165, 1.54) is 35.2 Å². The number of imide groups is 1. The summed E-state index contributed by atoms with van der Waals surface area (Å²) in [4.78, 5) is 38.3. The van der Waals surface area contributed by atoms with E-state index < -0.39 is 53.7 Å². The minimum absolute atomic E-state index is 0.00246. The van der Waals surface area contributed by atoms with Crippen molar-refractivity contribution in [1.82, 2.24) is 15.1 Å². The van der Waals surface area contributed by atoms with Gasteiger partial charge in [0.05, 0.1) is 13.2 Å². The lowest BCUT2D eigenvalue weighted by molar-refractivity contribution is -0.364. The Hall–Kier alpha value is -3.32. The van der Waals surface area contributed by atoms with E-state index in [-0.39, 0.29) is 54.3 Å². The summed E-state index contributed by atoms with van der Waals surface area (Å²) in [6, 6.07) is 7.75. The van der Waals surface area contributed by atoms with Gasteiger partial charge >= 0.3 is 5.79 Å². The summed E-state index contributed by atoms with van der Waals surface area (Å²) in [5.74, 6) is -14.4. The maximum atomic E-state index is 15.0. The first-order valence-electron chi connectivity index (χ1n) is 12.6. The summed E-state index contributed by atoms with van der Waals surface area (Å²) in [5.41, 5.74) is -3.10.